The fourth-order valence-corrected chi connectivity index (χ4v) is 2.57. The van der Waals surface area contributed by atoms with Gasteiger partial charge in [0.05, 0.1) is 0 Å². The second-order valence-corrected chi connectivity index (χ2v) is 5.98. The molecular formula is C17H26N2O3. The van der Waals surface area contributed by atoms with Gasteiger partial charge < -0.3 is 20.5 Å². The van der Waals surface area contributed by atoms with Crippen LogP contribution in [-0.2, 0) is 4.79 Å². The zero-order valence-electron chi connectivity index (χ0n) is 13.2. The van der Waals surface area contributed by atoms with E-state index in [1.807, 2.05) is 31.2 Å². The molecule has 2 rings (SSSR count). The SMILES string of the molecule is Cc1cccc(OCC(O)CNC(=O)CCC2CCNC2)c1. The largest absolute Gasteiger partial charge is 0.491 e. The maximum Gasteiger partial charge on any atom is 0.220 e. The summed E-state index contributed by atoms with van der Waals surface area (Å²) >= 11 is 0. The van der Waals surface area contributed by atoms with Crippen molar-refractivity contribution >= 4 is 5.91 Å². The molecule has 1 aromatic rings. The number of carbonyl (C=O) groups excluding carboxylic acids is 1. The van der Waals surface area contributed by atoms with Crippen molar-refractivity contribution in [2.75, 3.05) is 26.2 Å². The first-order valence-electron chi connectivity index (χ1n) is 7.98. The molecule has 0 aliphatic carbocycles. The van der Waals surface area contributed by atoms with E-state index in [1.54, 1.807) is 0 Å². The summed E-state index contributed by atoms with van der Waals surface area (Å²) in [5.41, 5.74) is 1.11. The highest BCUT2D eigenvalue weighted by molar-refractivity contribution is 5.75. The topological polar surface area (TPSA) is 70.6 Å². The molecule has 0 radical (unpaired) electrons. The molecule has 1 amide bonds. The number of hydrogen-bond acceptors (Lipinski definition) is 4. The Kier molecular flexibility index (Phi) is 6.68. The predicted molar refractivity (Wildman–Crippen MR) is 85.9 cm³/mol. The van der Waals surface area contributed by atoms with E-state index in [-0.39, 0.29) is 19.1 Å². The summed E-state index contributed by atoms with van der Waals surface area (Å²) in [7, 11) is 0. The lowest BCUT2D eigenvalue weighted by atomic mass is 10.0. The van der Waals surface area contributed by atoms with Gasteiger partial charge in [0.25, 0.3) is 0 Å². The summed E-state index contributed by atoms with van der Waals surface area (Å²) in [4.78, 5) is 11.7. The van der Waals surface area contributed by atoms with Crippen LogP contribution in [-0.4, -0.2) is 43.4 Å². The van der Waals surface area contributed by atoms with Gasteiger partial charge in [0.15, 0.2) is 0 Å². The van der Waals surface area contributed by atoms with E-state index < -0.39 is 6.10 Å². The Bertz CT molecular complexity index is 473. The maximum atomic E-state index is 11.7. The Morgan fingerprint density at radius 1 is 1.55 bits per heavy atom. The van der Waals surface area contributed by atoms with Crippen LogP contribution in [0.2, 0.25) is 0 Å². The number of benzene rings is 1. The van der Waals surface area contributed by atoms with Crippen molar-refractivity contribution in [1.29, 1.82) is 0 Å². The number of carbonyl (C=O) groups is 1. The third-order valence-corrected chi connectivity index (χ3v) is 3.91. The van der Waals surface area contributed by atoms with Crippen LogP contribution in [0.25, 0.3) is 0 Å². The lowest BCUT2D eigenvalue weighted by molar-refractivity contribution is -0.121. The first-order chi connectivity index (χ1) is 10.6. The normalized spacial score (nSPS) is 18.9. The quantitative estimate of drug-likeness (QED) is 0.676. The fourth-order valence-electron chi connectivity index (χ4n) is 2.57. The second kappa shape index (κ2) is 8.76. The van der Waals surface area contributed by atoms with E-state index in [0.717, 1.165) is 37.2 Å². The highest BCUT2D eigenvalue weighted by Crippen LogP contribution is 2.14. The van der Waals surface area contributed by atoms with Crippen LogP contribution < -0.4 is 15.4 Å². The lowest BCUT2D eigenvalue weighted by Gasteiger charge is -2.14. The van der Waals surface area contributed by atoms with Gasteiger partial charge in [-0.1, -0.05) is 12.1 Å². The van der Waals surface area contributed by atoms with Crippen molar-refractivity contribution in [2.24, 2.45) is 5.92 Å². The number of nitrogens with one attached hydrogen (secondary N) is 2. The number of rotatable bonds is 8. The molecule has 2 atom stereocenters. The van der Waals surface area contributed by atoms with E-state index in [4.69, 9.17) is 4.74 Å². The Balaban J connectivity index is 1.58. The average Bonchev–Trinajstić information content (AvgIpc) is 3.02. The molecule has 0 saturated carbocycles. The summed E-state index contributed by atoms with van der Waals surface area (Å²) in [5.74, 6) is 1.35. The number of ether oxygens (including phenoxy) is 1. The number of aliphatic hydroxyl groups excluding tert-OH is 1. The molecule has 3 N–H and O–H groups in total. The van der Waals surface area contributed by atoms with E-state index in [1.165, 1.54) is 0 Å². The van der Waals surface area contributed by atoms with Crippen molar-refractivity contribution in [2.45, 2.75) is 32.3 Å². The molecule has 0 bridgehead atoms. The van der Waals surface area contributed by atoms with Crippen molar-refractivity contribution in [1.82, 2.24) is 10.6 Å². The Morgan fingerprint density at radius 2 is 2.41 bits per heavy atom. The summed E-state index contributed by atoms with van der Waals surface area (Å²) < 4.78 is 5.51. The average molecular weight is 306 g/mol. The van der Waals surface area contributed by atoms with Gasteiger partial charge in [-0.2, -0.15) is 0 Å². The summed E-state index contributed by atoms with van der Waals surface area (Å²) in [6.07, 6.45) is 1.89. The molecular weight excluding hydrogens is 280 g/mol. The number of aliphatic hydroxyl groups is 1. The van der Waals surface area contributed by atoms with Gasteiger partial charge in [-0.3, -0.25) is 4.79 Å². The number of aryl methyl sites for hydroxylation is 1. The molecule has 1 fully saturated rings. The van der Waals surface area contributed by atoms with E-state index in [0.29, 0.717) is 12.3 Å². The van der Waals surface area contributed by atoms with Crippen LogP contribution in [0.3, 0.4) is 0 Å². The number of hydrogen-bond donors (Lipinski definition) is 3. The second-order valence-electron chi connectivity index (χ2n) is 5.98. The van der Waals surface area contributed by atoms with Gasteiger partial charge in [-0.25, -0.2) is 0 Å². The molecule has 1 aliphatic heterocycles. The Hall–Kier alpha value is -1.59. The van der Waals surface area contributed by atoms with Crippen LogP contribution in [0.4, 0.5) is 0 Å². The van der Waals surface area contributed by atoms with Gasteiger partial charge >= 0.3 is 0 Å². The standard InChI is InChI=1S/C17H26N2O3/c1-13-3-2-4-16(9-13)22-12-15(20)11-19-17(21)6-5-14-7-8-18-10-14/h2-4,9,14-15,18,20H,5-8,10-12H2,1H3,(H,19,21). The van der Waals surface area contributed by atoms with Crippen molar-refractivity contribution < 1.29 is 14.6 Å². The Labute approximate surface area is 132 Å². The molecule has 1 heterocycles. The highest BCUT2D eigenvalue weighted by Gasteiger charge is 2.16. The molecule has 2 unspecified atom stereocenters. The van der Waals surface area contributed by atoms with Crippen LogP contribution in [0.5, 0.6) is 5.75 Å². The minimum Gasteiger partial charge on any atom is -0.491 e. The first-order valence-corrected chi connectivity index (χ1v) is 7.98. The van der Waals surface area contributed by atoms with Crippen molar-refractivity contribution in [3.8, 4) is 5.75 Å². The molecule has 1 saturated heterocycles. The zero-order valence-corrected chi connectivity index (χ0v) is 13.2. The van der Waals surface area contributed by atoms with Crippen molar-refractivity contribution in [3.05, 3.63) is 29.8 Å². The smallest absolute Gasteiger partial charge is 0.220 e. The fraction of sp³-hybridized carbons (Fsp3) is 0.588. The minimum absolute atomic E-state index is 0.00139. The van der Waals surface area contributed by atoms with Gasteiger partial charge in [-0.05, 0) is 56.5 Å². The summed E-state index contributed by atoms with van der Waals surface area (Å²) in [5, 5.41) is 15.9. The van der Waals surface area contributed by atoms with Crippen LogP contribution in [0, 0.1) is 12.8 Å². The van der Waals surface area contributed by atoms with Crippen LogP contribution in [0.1, 0.15) is 24.8 Å². The Morgan fingerprint density at radius 3 is 3.14 bits per heavy atom. The predicted octanol–water partition coefficient (Wildman–Crippen LogP) is 1.24. The molecule has 5 nitrogen and oxygen atoms in total. The molecule has 5 heteroatoms. The molecule has 0 aromatic heterocycles. The zero-order chi connectivity index (χ0) is 15.8. The summed E-state index contributed by atoms with van der Waals surface area (Å²) in [6.45, 7) is 4.47. The molecule has 122 valence electrons. The number of amides is 1. The van der Waals surface area contributed by atoms with Gasteiger partial charge in [0.1, 0.15) is 18.5 Å². The first kappa shape index (κ1) is 16.8. The van der Waals surface area contributed by atoms with Gasteiger partial charge in [-0.15, -0.1) is 0 Å². The van der Waals surface area contributed by atoms with Crippen molar-refractivity contribution in [3.63, 3.8) is 0 Å². The molecule has 1 aromatic carbocycles. The molecule has 1 aliphatic rings. The van der Waals surface area contributed by atoms with E-state index >= 15 is 0 Å². The third-order valence-electron chi connectivity index (χ3n) is 3.91. The lowest BCUT2D eigenvalue weighted by Crippen LogP contribution is -2.35. The van der Waals surface area contributed by atoms with Crippen LogP contribution in [0.15, 0.2) is 24.3 Å². The van der Waals surface area contributed by atoms with Gasteiger partial charge in [0.2, 0.25) is 5.91 Å². The third kappa shape index (κ3) is 6.03. The minimum atomic E-state index is -0.697. The van der Waals surface area contributed by atoms with E-state index in [2.05, 4.69) is 10.6 Å². The summed E-state index contributed by atoms with van der Waals surface area (Å²) in [6, 6.07) is 7.68. The molecule has 22 heavy (non-hydrogen) atoms. The van der Waals surface area contributed by atoms with E-state index in [9.17, 15) is 9.90 Å². The van der Waals surface area contributed by atoms with Crippen LogP contribution >= 0.6 is 0 Å². The molecule has 0 spiro atoms. The van der Waals surface area contributed by atoms with Gasteiger partial charge in [0, 0.05) is 13.0 Å². The highest BCUT2D eigenvalue weighted by atomic mass is 16.5. The maximum absolute atomic E-state index is 11.7. The monoisotopic (exact) mass is 306 g/mol.